The second kappa shape index (κ2) is 12.6. The summed E-state index contributed by atoms with van der Waals surface area (Å²) in [5.74, 6) is 0. The Morgan fingerprint density at radius 1 is 0.540 bits per heavy atom. The van der Waals surface area contributed by atoms with Crippen LogP contribution >= 0.6 is 0 Å². The molecular formula is C45H28N4Si. The van der Waals surface area contributed by atoms with Crippen LogP contribution in [0.3, 0.4) is 0 Å². The number of para-hydroxylation sites is 1. The normalized spacial score (nSPS) is 11.1. The summed E-state index contributed by atoms with van der Waals surface area (Å²) < 4.78 is 2.00. The van der Waals surface area contributed by atoms with Crippen molar-refractivity contribution in [3.63, 3.8) is 0 Å². The minimum absolute atomic E-state index is 0.382. The van der Waals surface area contributed by atoms with E-state index in [-0.39, 0.29) is 0 Å². The quantitative estimate of drug-likeness (QED) is 0.104. The number of rotatable bonds is 6. The fraction of sp³-hybridized carbons (Fsp3) is 0. The molecule has 0 saturated carbocycles. The van der Waals surface area contributed by atoms with Crippen molar-refractivity contribution in [3.8, 4) is 29.0 Å². The SMILES string of the molecule is [C-]#[N+]c1cc(-c2ccccc2[Si](c2ccccc2)(c2ccccc2)c2ccccc2)cc(C#N)c1-n1c2ccccc2c2cc(C#N)ccc21. The largest absolute Gasteiger partial charge is 0.318 e. The van der Waals surface area contributed by atoms with Crippen molar-refractivity contribution >= 4 is 56.3 Å². The van der Waals surface area contributed by atoms with Crippen LogP contribution in [0.1, 0.15) is 11.1 Å². The van der Waals surface area contributed by atoms with Crippen LogP contribution in [0.15, 0.2) is 170 Å². The summed E-state index contributed by atoms with van der Waals surface area (Å²) in [4.78, 5) is 4.07. The van der Waals surface area contributed by atoms with Crippen LogP contribution < -0.4 is 20.7 Å². The molecule has 0 atom stereocenters. The summed E-state index contributed by atoms with van der Waals surface area (Å²) in [7, 11) is -2.92. The molecule has 0 spiro atoms. The van der Waals surface area contributed by atoms with Gasteiger partial charge in [-0.2, -0.15) is 10.5 Å². The molecule has 50 heavy (non-hydrogen) atoms. The minimum atomic E-state index is -2.92. The number of hydrogen-bond acceptors (Lipinski definition) is 2. The van der Waals surface area contributed by atoms with E-state index in [1.807, 2.05) is 59.2 Å². The van der Waals surface area contributed by atoms with Gasteiger partial charge in [0.15, 0.2) is 8.07 Å². The van der Waals surface area contributed by atoms with E-state index >= 15 is 0 Å². The fourth-order valence-electron chi connectivity index (χ4n) is 7.56. The molecule has 0 radical (unpaired) electrons. The Bertz CT molecular complexity index is 2540. The summed E-state index contributed by atoms with van der Waals surface area (Å²) in [6.07, 6.45) is 0. The van der Waals surface area contributed by atoms with Crippen molar-refractivity contribution < 1.29 is 0 Å². The summed E-state index contributed by atoms with van der Waals surface area (Å²) in [6, 6.07) is 62.8. The van der Waals surface area contributed by atoms with Gasteiger partial charge in [-0.15, -0.1) is 0 Å². The molecule has 8 rings (SSSR count). The maximum Gasteiger partial charge on any atom is 0.212 e. The van der Waals surface area contributed by atoms with Gasteiger partial charge in [0.2, 0.25) is 5.69 Å². The first kappa shape index (κ1) is 30.4. The lowest BCUT2D eigenvalue weighted by Crippen LogP contribution is -2.75. The Morgan fingerprint density at radius 2 is 1.10 bits per heavy atom. The lowest BCUT2D eigenvalue weighted by molar-refractivity contribution is 1.17. The second-order valence-corrected chi connectivity index (χ2v) is 16.0. The van der Waals surface area contributed by atoms with E-state index < -0.39 is 8.07 Å². The molecule has 232 valence electrons. The van der Waals surface area contributed by atoms with Gasteiger partial charge in [-0.25, -0.2) is 4.85 Å². The Hall–Kier alpha value is -6.97. The summed E-state index contributed by atoms with van der Waals surface area (Å²) >= 11 is 0. The van der Waals surface area contributed by atoms with E-state index in [0.717, 1.165) is 32.9 Å². The highest BCUT2D eigenvalue weighted by molar-refractivity contribution is 7.20. The van der Waals surface area contributed by atoms with Gasteiger partial charge in [0, 0.05) is 10.8 Å². The van der Waals surface area contributed by atoms with Crippen molar-refractivity contribution in [3.05, 3.63) is 192 Å². The van der Waals surface area contributed by atoms with Gasteiger partial charge in [0.05, 0.1) is 46.6 Å². The van der Waals surface area contributed by atoms with Crippen molar-refractivity contribution in [1.29, 1.82) is 10.5 Å². The zero-order chi connectivity index (χ0) is 34.1. The van der Waals surface area contributed by atoms with Crippen LogP contribution in [0, 0.1) is 29.2 Å². The topological polar surface area (TPSA) is 56.9 Å². The molecule has 0 fully saturated rings. The molecular weight excluding hydrogens is 625 g/mol. The van der Waals surface area contributed by atoms with Crippen LogP contribution in [-0.4, -0.2) is 12.6 Å². The molecule has 0 aliphatic rings. The lowest BCUT2D eigenvalue weighted by atomic mass is 10.00. The van der Waals surface area contributed by atoms with Crippen molar-refractivity contribution in [2.75, 3.05) is 0 Å². The third-order valence-corrected chi connectivity index (χ3v) is 14.5. The highest BCUT2D eigenvalue weighted by atomic mass is 28.3. The van der Waals surface area contributed by atoms with Gasteiger partial charge in [-0.05, 0) is 68.3 Å². The number of hydrogen-bond donors (Lipinski definition) is 0. The molecule has 0 aliphatic carbocycles. The zero-order valence-corrected chi connectivity index (χ0v) is 28.0. The third kappa shape index (κ3) is 4.72. The number of benzene rings is 7. The van der Waals surface area contributed by atoms with E-state index in [1.54, 1.807) is 6.07 Å². The molecule has 1 heterocycles. The third-order valence-electron chi connectivity index (χ3n) is 9.62. The molecule has 0 bridgehead atoms. The number of aromatic nitrogens is 1. The molecule has 5 heteroatoms. The average Bonchev–Trinajstić information content (AvgIpc) is 3.52. The molecule has 0 saturated heterocycles. The van der Waals surface area contributed by atoms with E-state index in [0.29, 0.717) is 22.5 Å². The molecule has 0 aliphatic heterocycles. The van der Waals surface area contributed by atoms with Gasteiger partial charge in [-0.1, -0.05) is 133 Å². The van der Waals surface area contributed by atoms with Crippen LogP contribution in [-0.2, 0) is 0 Å². The molecule has 0 N–H and O–H groups in total. The van der Waals surface area contributed by atoms with E-state index in [2.05, 4.69) is 126 Å². The van der Waals surface area contributed by atoms with Crippen LogP contribution in [0.2, 0.25) is 0 Å². The summed E-state index contributed by atoms with van der Waals surface area (Å²) in [5.41, 5.74) is 5.40. The van der Waals surface area contributed by atoms with Crippen LogP contribution in [0.5, 0.6) is 0 Å². The first-order valence-electron chi connectivity index (χ1n) is 16.3. The maximum atomic E-state index is 10.8. The van der Waals surface area contributed by atoms with Crippen molar-refractivity contribution in [2.45, 2.75) is 0 Å². The first-order chi connectivity index (χ1) is 24.7. The minimum Gasteiger partial charge on any atom is -0.318 e. The highest BCUT2D eigenvalue weighted by Gasteiger charge is 2.42. The summed E-state index contributed by atoms with van der Waals surface area (Å²) in [5, 5.41) is 27.2. The van der Waals surface area contributed by atoms with E-state index in [1.165, 1.54) is 20.7 Å². The van der Waals surface area contributed by atoms with E-state index in [4.69, 9.17) is 6.57 Å². The van der Waals surface area contributed by atoms with Gasteiger partial charge in [-0.3, -0.25) is 0 Å². The Morgan fingerprint density at radius 3 is 1.70 bits per heavy atom. The predicted molar refractivity (Wildman–Crippen MR) is 206 cm³/mol. The molecule has 4 nitrogen and oxygen atoms in total. The van der Waals surface area contributed by atoms with Crippen molar-refractivity contribution in [2.24, 2.45) is 0 Å². The second-order valence-electron chi connectivity index (χ2n) is 12.2. The Labute approximate surface area is 291 Å². The molecule has 1 aromatic heterocycles. The summed E-state index contributed by atoms with van der Waals surface area (Å²) in [6.45, 7) is 8.45. The molecule has 0 amide bonds. The van der Waals surface area contributed by atoms with Crippen LogP contribution in [0.25, 0.3) is 43.5 Å². The van der Waals surface area contributed by atoms with Gasteiger partial charge < -0.3 is 4.57 Å². The highest BCUT2D eigenvalue weighted by Crippen LogP contribution is 2.40. The zero-order valence-electron chi connectivity index (χ0n) is 27.0. The van der Waals surface area contributed by atoms with Gasteiger partial charge in [0.25, 0.3) is 0 Å². The number of nitriles is 2. The van der Waals surface area contributed by atoms with Crippen molar-refractivity contribution in [1.82, 2.24) is 4.57 Å². The van der Waals surface area contributed by atoms with Crippen LogP contribution in [0.4, 0.5) is 5.69 Å². The number of fused-ring (bicyclic) bond motifs is 3. The molecule has 0 unspecified atom stereocenters. The maximum absolute atomic E-state index is 10.8. The van der Waals surface area contributed by atoms with E-state index in [9.17, 15) is 10.5 Å². The van der Waals surface area contributed by atoms with Gasteiger partial charge in [0.1, 0.15) is 0 Å². The first-order valence-corrected chi connectivity index (χ1v) is 18.3. The predicted octanol–water partition coefficient (Wildman–Crippen LogP) is 8.12. The standard InChI is InChI=1S/C45H28N4Si/c1-48-41-29-33(28-34(31-47)45(41)49-42-23-13-11-22-39(42)40-27-32(30-46)25-26-43(40)49)38-21-12-14-24-44(38)50(35-15-5-2-6-16-35,36-17-7-3-8-18-36)37-19-9-4-10-20-37/h2-29H. The fourth-order valence-corrected chi connectivity index (χ4v) is 12.5. The smallest absolute Gasteiger partial charge is 0.212 e. The molecule has 8 aromatic rings. The molecule has 7 aromatic carbocycles. The number of nitrogens with zero attached hydrogens (tertiary/aromatic N) is 4. The monoisotopic (exact) mass is 652 g/mol. The lowest BCUT2D eigenvalue weighted by Gasteiger charge is -2.36. The van der Waals surface area contributed by atoms with Gasteiger partial charge >= 0.3 is 0 Å². The Kier molecular flexibility index (Phi) is 7.63. The average molecular weight is 653 g/mol. The Balaban J connectivity index is 1.44.